The van der Waals surface area contributed by atoms with Crippen LogP contribution >= 0.6 is 0 Å². The maximum Gasteiger partial charge on any atom is 0.0534 e. The van der Waals surface area contributed by atoms with Gasteiger partial charge in [0.2, 0.25) is 0 Å². The summed E-state index contributed by atoms with van der Waals surface area (Å²) < 4.78 is 2.20. The van der Waals surface area contributed by atoms with Crippen molar-refractivity contribution in [3.05, 3.63) is 79.1 Å². The Morgan fingerprint density at radius 3 is 2.05 bits per heavy atom. The largest absolute Gasteiger partial charge is 0.323 e. The normalized spacial score (nSPS) is 11.8. The Kier molecular flexibility index (Phi) is 2.01. The van der Waals surface area contributed by atoms with E-state index in [9.17, 15) is 0 Å². The molecule has 0 amide bonds. The van der Waals surface area contributed by atoms with Crippen LogP contribution in [0.3, 0.4) is 0 Å². The van der Waals surface area contributed by atoms with E-state index in [1.165, 1.54) is 38.0 Å². The molecule has 1 heteroatoms. The van der Waals surface area contributed by atoms with Crippen molar-refractivity contribution in [1.29, 1.82) is 0 Å². The summed E-state index contributed by atoms with van der Waals surface area (Å²) >= 11 is 0. The molecule has 1 aromatic heterocycles. The third-order valence-electron chi connectivity index (χ3n) is 4.37. The van der Waals surface area contributed by atoms with Crippen molar-refractivity contribution in [3.63, 3.8) is 0 Å². The third kappa shape index (κ3) is 1.40. The monoisotopic (exact) mass is 267 g/mol. The molecule has 4 aromatic carbocycles. The Morgan fingerprint density at radius 2 is 1.24 bits per heavy atom. The van der Waals surface area contributed by atoms with Gasteiger partial charge in [-0.2, -0.15) is 0 Å². The van der Waals surface area contributed by atoms with Crippen LogP contribution in [0.4, 0.5) is 0 Å². The van der Waals surface area contributed by atoms with Gasteiger partial charge in [-0.25, -0.2) is 0 Å². The molecule has 1 heterocycles. The van der Waals surface area contributed by atoms with Gasteiger partial charge in [-0.15, -0.1) is 0 Å². The smallest absolute Gasteiger partial charge is 0.0534 e. The molecule has 21 heavy (non-hydrogen) atoms. The van der Waals surface area contributed by atoms with E-state index in [0.29, 0.717) is 0 Å². The minimum atomic E-state index is 1.25. The zero-order valence-corrected chi connectivity index (χ0v) is 11.5. The lowest BCUT2D eigenvalue weighted by molar-refractivity contribution is 1.10. The Bertz CT molecular complexity index is 1070. The molecule has 0 N–H and O–H groups in total. The van der Waals surface area contributed by atoms with Crippen molar-refractivity contribution in [1.82, 2.24) is 4.57 Å². The van der Waals surface area contributed by atoms with Gasteiger partial charge in [0.15, 0.2) is 0 Å². The van der Waals surface area contributed by atoms with Crippen LogP contribution in [0.25, 0.3) is 38.0 Å². The van der Waals surface area contributed by atoms with Crippen molar-refractivity contribution in [3.8, 4) is 5.69 Å². The highest BCUT2D eigenvalue weighted by molar-refractivity contribution is 6.24. The van der Waals surface area contributed by atoms with E-state index >= 15 is 0 Å². The molecule has 5 aromatic rings. The third-order valence-corrected chi connectivity index (χ3v) is 4.37. The van der Waals surface area contributed by atoms with Gasteiger partial charge in [0.25, 0.3) is 0 Å². The minimum absolute atomic E-state index is 1.25. The van der Waals surface area contributed by atoms with Crippen molar-refractivity contribution in [2.45, 2.75) is 0 Å². The highest BCUT2D eigenvalue weighted by Crippen LogP contribution is 2.37. The van der Waals surface area contributed by atoms with Crippen LogP contribution in [0.5, 0.6) is 0 Å². The van der Waals surface area contributed by atoms with Gasteiger partial charge in [0.1, 0.15) is 0 Å². The van der Waals surface area contributed by atoms with Crippen molar-refractivity contribution in [2.75, 3.05) is 0 Å². The summed E-state index contributed by atoms with van der Waals surface area (Å²) in [6.07, 6.45) is 4.22. The number of benzene rings is 4. The molecule has 0 aliphatic rings. The standard InChI is InChI=1S/C20H13N/c1-2-12-21(11-1)18-13-16-7-3-5-14-9-10-15-6-4-8-17(18)20(15)19(14)16/h1-13H. The van der Waals surface area contributed by atoms with E-state index in [-0.39, 0.29) is 0 Å². The van der Waals surface area contributed by atoms with Gasteiger partial charge < -0.3 is 4.57 Å². The zero-order chi connectivity index (χ0) is 13.8. The molecule has 0 spiro atoms. The lowest BCUT2D eigenvalue weighted by Crippen LogP contribution is -1.93. The Hall–Kier alpha value is -2.80. The summed E-state index contributed by atoms with van der Waals surface area (Å²) in [5, 5.41) is 7.99. The number of hydrogen-bond donors (Lipinski definition) is 0. The van der Waals surface area contributed by atoms with E-state index in [0.717, 1.165) is 0 Å². The molecule has 0 radical (unpaired) electrons. The average Bonchev–Trinajstić information content (AvgIpc) is 3.06. The topological polar surface area (TPSA) is 4.93 Å². The second-order valence-corrected chi connectivity index (χ2v) is 5.53. The van der Waals surface area contributed by atoms with Crippen LogP contribution in [0.1, 0.15) is 0 Å². The second-order valence-electron chi connectivity index (χ2n) is 5.53. The van der Waals surface area contributed by atoms with Crippen molar-refractivity contribution >= 4 is 32.3 Å². The summed E-state index contributed by atoms with van der Waals surface area (Å²) in [4.78, 5) is 0. The van der Waals surface area contributed by atoms with Crippen LogP contribution in [0.2, 0.25) is 0 Å². The first-order valence-electron chi connectivity index (χ1n) is 7.22. The van der Waals surface area contributed by atoms with Crippen LogP contribution < -0.4 is 0 Å². The maximum atomic E-state index is 2.30. The molecule has 0 atom stereocenters. The number of nitrogens with zero attached hydrogens (tertiary/aromatic N) is 1. The lowest BCUT2D eigenvalue weighted by atomic mass is 9.93. The van der Waals surface area contributed by atoms with E-state index in [4.69, 9.17) is 0 Å². The Morgan fingerprint density at radius 1 is 0.571 bits per heavy atom. The fourth-order valence-electron chi connectivity index (χ4n) is 3.45. The van der Waals surface area contributed by atoms with Crippen LogP contribution in [-0.2, 0) is 0 Å². The predicted molar refractivity (Wildman–Crippen MR) is 89.5 cm³/mol. The molecule has 0 unspecified atom stereocenters. The van der Waals surface area contributed by atoms with E-state index in [1.54, 1.807) is 0 Å². The van der Waals surface area contributed by atoms with E-state index in [2.05, 4.69) is 83.7 Å². The molecular formula is C20H13N. The van der Waals surface area contributed by atoms with Gasteiger partial charge in [-0.1, -0.05) is 48.5 Å². The molecule has 98 valence electrons. The molecule has 5 rings (SSSR count). The summed E-state index contributed by atoms with van der Waals surface area (Å²) in [5.74, 6) is 0. The molecular weight excluding hydrogens is 254 g/mol. The Labute approximate surface area is 122 Å². The SMILES string of the molecule is c1cc2ccc3cccc4c(-n5cccc5)cc(c1)c2c34. The van der Waals surface area contributed by atoms with E-state index < -0.39 is 0 Å². The predicted octanol–water partition coefficient (Wildman–Crippen LogP) is 5.37. The summed E-state index contributed by atoms with van der Waals surface area (Å²) in [6, 6.07) is 24.0. The second kappa shape index (κ2) is 3.86. The quantitative estimate of drug-likeness (QED) is 0.360. The number of aromatic nitrogens is 1. The number of hydrogen-bond acceptors (Lipinski definition) is 0. The first-order valence-corrected chi connectivity index (χ1v) is 7.22. The fraction of sp³-hybridized carbons (Fsp3) is 0. The molecule has 0 bridgehead atoms. The van der Waals surface area contributed by atoms with E-state index in [1.807, 2.05) is 0 Å². The van der Waals surface area contributed by atoms with Crippen molar-refractivity contribution in [2.24, 2.45) is 0 Å². The summed E-state index contributed by atoms with van der Waals surface area (Å²) in [5.41, 5.74) is 1.25. The minimum Gasteiger partial charge on any atom is -0.323 e. The first-order chi connectivity index (χ1) is 10.4. The van der Waals surface area contributed by atoms with Gasteiger partial charge in [-0.05, 0) is 45.1 Å². The fourth-order valence-corrected chi connectivity index (χ4v) is 3.45. The Balaban J connectivity index is 2.12. The zero-order valence-electron chi connectivity index (χ0n) is 11.5. The van der Waals surface area contributed by atoms with Crippen LogP contribution in [-0.4, -0.2) is 4.57 Å². The summed E-state index contributed by atoms with van der Waals surface area (Å²) in [6.45, 7) is 0. The lowest BCUT2D eigenvalue weighted by Gasteiger charge is -2.15. The summed E-state index contributed by atoms with van der Waals surface area (Å²) in [7, 11) is 0. The molecule has 0 saturated heterocycles. The molecule has 0 aliphatic heterocycles. The van der Waals surface area contributed by atoms with Crippen LogP contribution in [0, 0.1) is 0 Å². The average molecular weight is 267 g/mol. The van der Waals surface area contributed by atoms with Crippen molar-refractivity contribution < 1.29 is 0 Å². The van der Waals surface area contributed by atoms with Gasteiger partial charge in [-0.3, -0.25) is 0 Å². The highest BCUT2D eigenvalue weighted by atomic mass is 14.9. The first kappa shape index (κ1) is 10.9. The van der Waals surface area contributed by atoms with Gasteiger partial charge >= 0.3 is 0 Å². The molecule has 0 fully saturated rings. The van der Waals surface area contributed by atoms with Gasteiger partial charge in [0.05, 0.1) is 5.69 Å². The number of rotatable bonds is 1. The molecule has 1 nitrogen and oxygen atoms in total. The molecule has 0 saturated carbocycles. The molecule has 0 aliphatic carbocycles. The maximum absolute atomic E-state index is 2.30. The highest BCUT2D eigenvalue weighted by Gasteiger charge is 2.11. The van der Waals surface area contributed by atoms with Gasteiger partial charge in [0, 0.05) is 17.8 Å². The van der Waals surface area contributed by atoms with Crippen LogP contribution in [0.15, 0.2) is 79.1 Å².